The van der Waals surface area contributed by atoms with Crippen LogP contribution in [-0.4, -0.2) is 27.0 Å². The van der Waals surface area contributed by atoms with E-state index in [1.807, 2.05) is 43.5 Å². The van der Waals surface area contributed by atoms with Gasteiger partial charge in [0.15, 0.2) is 23.3 Å². The number of thiazole rings is 1. The van der Waals surface area contributed by atoms with Gasteiger partial charge in [-0.1, -0.05) is 42.0 Å². The average molecular weight is 422 g/mol. The van der Waals surface area contributed by atoms with Crippen LogP contribution in [0.3, 0.4) is 0 Å². The van der Waals surface area contributed by atoms with Gasteiger partial charge in [0.2, 0.25) is 0 Å². The molecule has 0 unspecified atom stereocenters. The Balaban J connectivity index is 1.50. The largest absolute Gasteiger partial charge is 0.481 e. The minimum Gasteiger partial charge on any atom is -0.481 e. The van der Waals surface area contributed by atoms with Crippen molar-refractivity contribution < 1.29 is 13.9 Å². The lowest BCUT2D eigenvalue weighted by molar-refractivity contribution is -0.118. The number of para-hydroxylation sites is 1. The van der Waals surface area contributed by atoms with Gasteiger partial charge in [0.25, 0.3) is 5.91 Å². The van der Waals surface area contributed by atoms with Crippen LogP contribution in [0.15, 0.2) is 60.1 Å². The van der Waals surface area contributed by atoms with Gasteiger partial charge in [-0.3, -0.25) is 9.36 Å². The van der Waals surface area contributed by atoms with E-state index in [1.165, 1.54) is 29.0 Å². The Morgan fingerprint density at radius 3 is 2.70 bits per heavy atom. The number of halogens is 1. The zero-order chi connectivity index (χ0) is 21.1. The Kier molecular flexibility index (Phi) is 5.58. The highest BCUT2D eigenvalue weighted by Crippen LogP contribution is 2.27. The standard InChI is InChI=1S/C22H19FN4O2S/c1-14-7-9-16(10-8-14)18-13-30-22(25-18)27-15(2)24-11-20(27)26-21(28)12-29-19-6-4-3-5-17(19)23/h3-11,13H,12H2,1-2H3,(H,26,28). The molecule has 2 heterocycles. The van der Waals surface area contributed by atoms with E-state index in [0.717, 1.165) is 11.3 Å². The predicted molar refractivity (Wildman–Crippen MR) is 115 cm³/mol. The number of aromatic nitrogens is 3. The second kappa shape index (κ2) is 8.46. The molecule has 0 fully saturated rings. The molecular weight excluding hydrogens is 403 g/mol. The highest BCUT2D eigenvalue weighted by molar-refractivity contribution is 7.12. The second-order valence-corrected chi connectivity index (χ2v) is 7.51. The second-order valence-electron chi connectivity index (χ2n) is 6.67. The summed E-state index contributed by atoms with van der Waals surface area (Å²) in [6.07, 6.45) is 1.56. The average Bonchev–Trinajstić information content (AvgIpc) is 3.35. The van der Waals surface area contributed by atoms with Crippen LogP contribution in [0.1, 0.15) is 11.4 Å². The molecule has 0 spiro atoms. The molecule has 30 heavy (non-hydrogen) atoms. The topological polar surface area (TPSA) is 69.0 Å². The molecule has 6 nitrogen and oxygen atoms in total. The molecule has 2 aromatic heterocycles. The third-order valence-corrected chi connectivity index (χ3v) is 5.26. The predicted octanol–water partition coefficient (Wildman–Crippen LogP) is 4.77. The van der Waals surface area contributed by atoms with Crippen molar-refractivity contribution in [3.05, 3.63) is 77.3 Å². The van der Waals surface area contributed by atoms with Gasteiger partial charge in [0.1, 0.15) is 11.6 Å². The van der Waals surface area contributed by atoms with Gasteiger partial charge in [0, 0.05) is 10.9 Å². The maximum absolute atomic E-state index is 13.6. The fourth-order valence-electron chi connectivity index (χ4n) is 2.88. The number of nitrogens with zero attached hydrogens (tertiary/aromatic N) is 3. The van der Waals surface area contributed by atoms with Crippen LogP contribution in [-0.2, 0) is 4.79 Å². The van der Waals surface area contributed by atoms with Gasteiger partial charge in [-0.15, -0.1) is 11.3 Å². The number of hydrogen-bond acceptors (Lipinski definition) is 5. The van der Waals surface area contributed by atoms with E-state index in [0.29, 0.717) is 16.8 Å². The van der Waals surface area contributed by atoms with E-state index in [9.17, 15) is 9.18 Å². The first kappa shape index (κ1) is 19.8. The van der Waals surface area contributed by atoms with Crippen LogP contribution in [0.4, 0.5) is 10.2 Å². The quantitative estimate of drug-likeness (QED) is 0.486. The molecule has 0 atom stereocenters. The molecule has 0 bridgehead atoms. The molecular formula is C22H19FN4O2S. The summed E-state index contributed by atoms with van der Waals surface area (Å²) in [7, 11) is 0. The zero-order valence-electron chi connectivity index (χ0n) is 16.4. The lowest BCUT2D eigenvalue weighted by Crippen LogP contribution is -2.22. The molecule has 0 aliphatic heterocycles. The molecule has 1 amide bonds. The summed E-state index contributed by atoms with van der Waals surface area (Å²) in [6.45, 7) is 3.55. The zero-order valence-corrected chi connectivity index (χ0v) is 17.2. The van der Waals surface area contributed by atoms with Gasteiger partial charge in [-0.05, 0) is 26.0 Å². The summed E-state index contributed by atoms with van der Waals surface area (Å²) in [5.41, 5.74) is 3.05. The number of aryl methyl sites for hydroxylation is 2. The number of benzene rings is 2. The Bertz CT molecular complexity index is 1180. The maximum atomic E-state index is 13.6. The molecule has 0 radical (unpaired) electrons. The van der Waals surface area contributed by atoms with E-state index in [1.54, 1.807) is 22.9 Å². The van der Waals surface area contributed by atoms with E-state index in [2.05, 4.69) is 10.3 Å². The third kappa shape index (κ3) is 4.23. The molecule has 0 aliphatic rings. The molecule has 4 aromatic rings. The molecule has 4 rings (SSSR count). The number of rotatable bonds is 6. The van der Waals surface area contributed by atoms with Crippen LogP contribution in [0.5, 0.6) is 5.75 Å². The lowest BCUT2D eigenvalue weighted by atomic mass is 10.1. The number of nitrogens with one attached hydrogen (secondary N) is 1. The maximum Gasteiger partial charge on any atom is 0.263 e. The summed E-state index contributed by atoms with van der Waals surface area (Å²) in [6, 6.07) is 14.1. The van der Waals surface area contributed by atoms with E-state index in [4.69, 9.17) is 9.72 Å². The van der Waals surface area contributed by atoms with E-state index in [-0.39, 0.29) is 12.4 Å². The number of carbonyl (C=O) groups excluding carboxylic acids is 1. The number of amides is 1. The number of ether oxygens (including phenoxy) is 1. The monoisotopic (exact) mass is 422 g/mol. The Labute approximate surface area is 177 Å². The van der Waals surface area contributed by atoms with Crippen LogP contribution < -0.4 is 10.1 Å². The van der Waals surface area contributed by atoms with Crippen LogP contribution in [0.2, 0.25) is 0 Å². The molecule has 0 saturated carbocycles. The molecule has 0 aliphatic carbocycles. The summed E-state index contributed by atoms with van der Waals surface area (Å²) in [5, 5.41) is 5.41. The smallest absolute Gasteiger partial charge is 0.263 e. The van der Waals surface area contributed by atoms with Gasteiger partial charge < -0.3 is 10.1 Å². The molecule has 2 aromatic carbocycles. The summed E-state index contributed by atoms with van der Waals surface area (Å²) < 4.78 is 20.7. The molecule has 1 N–H and O–H groups in total. The summed E-state index contributed by atoms with van der Waals surface area (Å²) >= 11 is 1.45. The van der Waals surface area contributed by atoms with Gasteiger partial charge in [0.05, 0.1) is 11.9 Å². The van der Waals surface area contributed by atoms with Crippen LogP contribution >= 0.6 is 11.3 Å². The lowest BCUT2D eigenvalue weighted by Gasteiger charge is -2.10. The van der Waals surface area contributed by atoms with Gasteiger partial charge >= 0.3 is 0 Å². The summed E-state index contributed by atoms with van der Waals surface area (Å²) in [4.78, 5) is 21.3. The molecule has 8 heteroatoms. The molecule has 152 valence electrons. The Hall–Kier alpha value is -3.52. The summed E-state index contributed by atoms with van der Waals surface area (Å²) in [5.74, 6) is 0.247. The highest BCUT2D eigenvalue weighted by atomic mass is 32.1. The van der Waals surface area contributed by atoms with Crippen LogP contribution in [0.25, 0.3) is 16.4 Å². The first-order valence-corrected chi connectivity index (χ1v) is 10.1. The third-order valence-electron chi connectivity index (χ3n) is 4.43. The van der Waals surface area contributed by atoms with Crippen molar-refractivity contribution in [2.24, 2.45) is 0 Å². The Morgan fingerprint density at radius 1 is 1.17 bits per heavy atom. The number of carbonyl (C=O) groups is 1. The first-order chi connectivity index (χ1) is 14.5. The van der Waals surface area contributed by atoms with Gasteiger partial charge in [-0.25, -0.2) is 14.4 Å². The highest BCUT2D eigenvalue weighted by Gasteiger charge is 2.16. The SMILES string of the molecule is Cc1ccc(-c2csc(-n3c(NC(=O)COc4ccccc4F)cnc3C)n2)cc1. The van der Waals surface area contributed by atoms with Crippen molar-refractivity contribution in [2.45, 2.75) is 13.8 Å². The van der Waals surface area contributed by atoms with Crippen molar-refractivity contribution >= 4 is 23.1 Å². The fourth-order valence-corrected chi connectivity index (χ4v) is 3.77. The molecule has 0 saturated heterocycles. The van der Waals surface area contributed by atoms with Crippen molar-refractivity contribution in [3.63, 3.8) is 0 Å². The van der Waals surface area contributed by atoms with E-state index >= 15 is 0 Å². The fraction of sp³-hybridized carbons (Fsp3) is 0.136. The minimum absolute atomic E-state index is 0.0278. The normalized spacial score (nSPS) is 10.8. The Morgan fingerprint density at radius 2 is 1.93 bits per heavy atom. The van der Waals surface area contributed by atoms with Crippen molar-refractivity contribution in [1.82, 2.24) is 14.5 Å². The van der Waals surface area contributed by atoms with Crippen molar-refractivity contribution in [3.8, 4) is 22.1 Å². The number of anilines is 1. The van der Waals surface area contributed by atoms with Crippen LogP contribution in [0, 0.1) is 19.7 Å². The van der Waals surface area contributed by atoms with E-state index < -0.39 is 11.7 Å². The van der Waals surface area contributed by atoms with Crippen molar-refractivity contribution in [1.29, 1.82) is 0 Å². The number of imidazole rings is 1. The minimum atomic E-state index is -0.516. The van der Waals surface area contributed by atoms with Crippen molar-refractivity contribution in [2.75, 3.05) is 11.9 Å². The van der Waals surface area contributed by atoms with Gasteiger partial charge in [-0.2, -0.15) is 0 Å². The number of hydrogen-bond donors (Lipinski definition) is 1. The first-order valence-electron chi connectivity index (χ1n) is 9.26.